The molecular weight excluding hydrogens is 273 g/mol. The molecule has 2 aromatic carbocycles. The lowest BCUT2D eigenvalue weighted by Gasteiger charge is -2.11. The molecule has 0 amide bonds. The highest BCUT2D eigenvalue weighted by Crippen LogP contribution is 2.26. The second kappa shape index (κ2) is 5.66. The lowest BCUT2D eigenvalue weighted by Crippen LogP contribution is -1.98. The third kappa shape index (κ3) is 3.29. The first-order chi connectivity index (χ1) is 8.97. The molecule has 0 aliphatic carbocycles. The number of benzene rings is 2. The average Bonchev–Trinajstić information content (AvgIpc) is 2.37. The lowest BCUT2D eigenvalue weighted by molar-refractivity contribution is 0.507. The van der Waals surface area contributed by atoms with Crippen LogP contribution in [0.2, 0.25) is 0 Å². The smallest absolute Gasteiger partial charge is 0.159 e. The highest BCUT2D eigenvalue weighted by Gasteiger charge is 2.12. The summed E-state index contributed by atoms with van der Waals surface area (Å²) < 4.78 is 39.3. The minimum Gasteiger partial charge on any atom is -0.207 e. The molecule has 1 atom stereocenters. The fourth-order valence-electron chi connectivity index (χ4n) is 1.80. The lowest BCUT2D eigenvalue weighted by atomic mass is 10.0. The Hall–Kier alpha value is -1.48. The molecule has 0 fully saturated rings. The van der Waals surface area contributed by atoms with E-state index >= 15 is 0 Å². The normalized spacial score (nSPS) is 12.5. The van der Waals surface area contributed by atoms with Gasteiger partial charge in [0.15, 0.2) is 11.6 Å². The number of aryl methyl sites for hydroxylation is 1. The van der Waals surface area contributed by atoms with Gasteiger partial charge >= 0.3 is 0 Å². The molecule has 0 radical (unpaired) electrons. The molecule has 0 aliphatic rings. The first-order valence-corrected chi connectivity index (χ1v) is 6.25. The van der Waals surface area contributed by atoms with Crippen LogP contribution in [-0.4, -0.2) is 0 Å². The third-order valence-electron chi connectivity index (χ3n) is 2.96. The largest absolute Gasteiger partial charge is 0.207 e. The Morgan fingerprint density at radius 3 is 2.32 bits per heavy atom. The zero-order valence-corrected chi connectivity index (χ0v) is 11.0. The van der Waals surface area contributed by atoms with Gasteiger partial charge in [-0.2, -0.15) is 0 Å². The minimum absolute atomic E-state index is 0.307. The van der Waals surface area contributed by atoms with E-state index < -0.39 is 17.0 Å². The second-order valence-electron chi connectivity index (χ2n) is 4.43. The van der Waals surface area contributed by atoms with E-state index in [1.165, 1.54) is 12.1 Å². The molecule has 0 saturated carbocycles. The van der Waals surface area contributed by atoms with Crippen molar-refractivity contribution in [1.82, 2.24) is 0 Å². The zero-order valence-electron chi connectivity index (χ0n) is 10.3. The maximum Gasteiger partial charge on any atom is 0.159 e. The van der Waals surface area contributed by atoms with E-state index in [1.807, 2.05) is 0 Å². The van der Waals surface area contributed by atoms with Crippen LogP contribution in [0.15, 0.2) is 36.4 Å². The Morgan fingerprint density at radius 1 is 0.947 bits per heavy atom. The monoisotopic (exact) mass is 284 g/mol. The van der Waals surface area contributed by atoms with E-state index in [9.17, 15) is 13.2 Å². The molecular formula is C15H12ClF3. The molecule has 1 unspecified atom stereocenters. The summed E-state index contributed by atoms with van der Waals surface area (Å²) in [6.07, 6.45) is 0.307. The van der Waals surface area contributed by atoms with Crippen molar-refractivity contribution in [3.63, 3.8) is 0 Å². The average molecular weight is 285 g/mol. The van der Waals surface area contributed by atoms with Gasteiger partial charge in [0.2, 0.25) is 0 Å². The van der Waals surface area contributed by atoms with Gasteiger partial charge in [-0.15, -0.1) is 11.6 Å². The van der Waals surface area contributed by atoms with Gasteiger partial charge in [0.25, 0.3) is 0 Å². The standard InChI is InChI=1S/C15H12ClF3/c1-9-2-4-11(8-14(9)18)12(16)6-10-3-5-13(17)15(19)7-10/h2-5,7-8,12H,6H2,1H3. The molecule has 2 rings (SSSR count). The summed E-state index contributed by atoms with van der Waals surface area (Å²) >= 11 is 6.17. The van der Waals surface area contributed by atoms with Crippen LogP contribution >= 0.6 is 11.6 Å². The third-order valence-corrected chi connectivity index (χ3v) is 3.36. The van der Waals surface area contributed by atoms with Crippen LogP contribution < -0.4 is 0 Å². The molecule has 0 aliphatic heterocycles. The topological polar surface area (TPSA) is 0 Å². The summed E-state index contributed by atoms with van der Waals surface area (Å²) in [4.78, 5) is 0. The van der Waals surface area contributed by atoms with Crippen molar-refractivity contribution >= 4 is 11.6 Å². The zero-order chi connectivity index (χ0) is 14.0. The molecule has 0 heterocycles. The SMILES string of the molecule is Cc1ccc(C(Cl)Cc2ccc(F)c(F)c2)cc1F. The maximum absolute atomic E-state index is 13.4. The van der Waals surface area contributed by atoms with Crippen LogP contribution in [0, 0.1) is 24.4 Å². The molecule has 0 bridgehead atoms. The van der Waals surface area contributed by atoms with Crippen molar-refractivity contribution in [3.05, 3.63) is 70.5 Å². The quantitative estimate of drug-likeness (QED) is 0.701. The molecule has 0 N–H and O–H groups in total. The summed E-state index contributed by atoms with van der Waals surface area (Å²) in [5.41, 5.74) is 1.73. The summed E-state index contributed by atoms with van der Waals surface area (Å²) in [6, 6.07) is 8.38. The van der Waals surface area contributed by atoms with Crippen molar-refractivity contribution in [3.8, 4) is 0 Å². The fraction of sp³-hybridized carbons (Fsp3) is 0.200. The van der Waals surface area contributed by atoms with Crippen molar-refractivity contribution < 1.29 is 13.2 Å². The number of alkyl halides is 1. The number of hydrogen-bond acceptors (Lipinski definition) is 0. The minimum atomic E-state index is -0.906. The first-order valence-electron chi connectivity index (χ1n) is 5.81. The van der Waals surface area contributed by atoms with Gasteiger partial charge in [-0.25, -0.2) is 13.2 Å². The number of halogens is 4. The van der Waals surface area contributed by atoms with Crippen molar-refractivity contribution in [2.75, 3.05) is 0 Å². The number of hydrogen-bond donors (Lipinski definition) is 0. The molecule has 4 heteroatoms. The summed E-state index contributed by atoms with van der Waals surface area (Å²) in [7, 11) is 0. The van der Waals surface area contributed by atoms with Crippen LogP contribution in [0.4, 0.5) is 13.2 Å². The molecule has 2 aromatic rings. The van der Waals surface area contributed by atoms with E-state index in [-0.39, 0.29) is 5.82 Å². The van der Waals surface area contributed by atoms with E-state index in [2.05, 4.69) is 0 Å². The number of rotatable bonds is 3. The molecule has 19 heavy (non-hydrogen) atoms. The predicted molar refractivity (Wildman–Crippen MR) is 69.8 cm³/mol. The molecule has 0 spiro atoms. The van der Waals surface area contributed by atoms with E-state index in [4.69, 9.17) is 11.6 Å². The van der Waals surface area contributed by atoms with Gasteiger partial charge in [0.1, 0.15) is 5.82 Å². The summed E-state index contributed by atoms with van der Waals surface area (Å²) in [5, 5.41) is -0.486. The molecule has 0 nitrogen and oxygen atoms in total. The Bertz CT molecular complexity index is 596. The Labute approximate surface area is 114 Å². The van der Waals surface area contributed by atoms with Crippen LogP contribution in [0.1, 0.15) is 22.1 Å². The van der Waals surface area contributed by atoms with Gasteiger partial charge in [0, 0.05) is 0 Å². The van der Waals surface area contributed by atoms with Gasteiger partial charge in [-0.05, 0) is 48.2 Å². The van der Waals surface area contributed by atoms with Gasteiger partial charge in [0.05, 0.1) is 5.38 Å². The molecule has 100 valence electrons. The van der Waals surface area contributed by atoms with Crippen LogP contribution in [0.5, 0.6) is 0 Å². The summed E-state index contributed by atoms with van der Waals surface area (Å²) in [5.74, 6) is -2.12. The Balaban J connectivity index is 2.17. The van der Waals surface area contributed by atoms with Gasteiger partial charge in [-0.3, -0.25) is 0 Å². The highest BCUT2D eigenvalue weighted by molar-refractivity contribution is 6.20. The Morgan fingerprint density at radius 2 is 1.68 bits per heavy atom. The molecule has 0 saturated heterocycles. The van der Waals surface area contributed by atoms with E-state index in [1.54, 1.807) is 19.1 Å². The fourth-order valence-corrected chi connectivity index (χ4v) is 2.11. The van der Waals surface area contributed by atoms with Crippen LogP contribution in [0.3, 0.4) is 0 Å². The van der Waals surface area contributed by atoms with Crippen LogP contribution in [0.25, 0.3) is 0 Å². The second-order valence-corrected chi connectivity index (χ2v) is 4.96. The molecule has 0 aromatic heterocycles. The highest BCUT2D eigenvalue weighted by atomic mass is 35.5. The van der Waals surface area contributed by atoms with Crippen molar-refractivity contribution in [2.45, 2.75) is 18.7 Å². The van der Waals surface area contributed by atoms with E-state index in [0.717, 1.165) is 12.1 Å². The predicted octanol–water partition coefficient (Wildman–Crippen LogP) is 4.93. The Kier molecular flexibility index (Phi) is 4.15. The van der Waals surface area contributed by atoms with Crippen molar-refractivity contribution in [1.29, 1.82) is 0 Å². The summed E-state index contributed by atoms with van der Waals surface area (Å²) in [6.45, 7) is 1.66. The van der Waals surface area contributed by atoms with Gasteiger partial charge < -0.3 is 0 Å². The maximum atomic E-state index is 13.4. The first kappa shape index (κ1) is 13.9. The van der Waals surface area contributed by atoms with Crippen LogP contribution in [-0.2, 0) is 6.42 Å². The van der Waals surface area contributed by atoms with E-state index in [0.29, 0.717) is 23.1 Å². The van der Waals surface area contributed by atoms with Crippen molar-refractivity contribution in [2.24, 2.45) is 0 Å². The van der Waals surface area contributed by atoms with Gasteiger partial charge in [-0.1, -0.05) is 18.2 Å².